The van der Waals surface area contributed by atoms with Gasteiger partial charge in [0.2, 0.25) is 0 Å². The van der Waals surface area contributed by atoms with Gasteiger partial charge in [-0.2, -0.15) is 0 Å². The van der Waals surface area contributed by atoms with Gasteiger partial charge in [-0.3, -0.25) is 9.88 Å². The summed E-state index contributed by atoms with van der Waals surface area (Å²) < 4.78 is 2.60. The molecule has 0 aliphatic carbocycles. The molecule has 2 atom stereocenters. The first-order valence-corrected chi connectivity index (χ1v) is 9.46. The van der Waals surface area contributed by atoms with E-state index in [9.17, 15) is 0 Å². The van der Waals surface area contributed by atoms with E-state index in [0.717, 1.165) is 24.7 Å². The standard InChI is InChI=1S/C22H25N3/c1-15-7-8-16(14-23-15)11-12-25-19-6-4-3-5-18(19)22-20-10-9-17(24(20)2)13-21(22)25/h3-8,14,17,20H,9-13H2,1-2H3. The predicted molar refractivity (Wildman–Crippen MR) is 102 cm³/mol. The zero-order chi connectivity index (χ0) is 17.0. The van der Waals surface area contributed by atoms with Crippen molar-refractivity contribution < 1.29 is 0 Å². The van der Waals surface area contributed by atoms with E-state index in [0.29, 0.717) is 6.04 Å². The third-order valence-corrected chi connectivity index (χ3v) is 6.32. The van der Waals surface area contributed by atoms with Gasteiger partial charge < -0.3 is 4.57 Å². The van der Waals surface area contributed by atoms with Crippen molar-refractivity contribution >= 4 is 10.9 Å². The molecule has 2 aliphatic rings. The molecule has 2 aliphatic heterocycles. The molecule has 1 aromatic carbocycles. The first-order valence-electron chi connectivity index (χ1n) is 9.46. The number of likely N-dealkylation sites (N-methyl/N-ethyl adjacent to an activating group) is 1. The molecule has 25 heavy (non-hydrogen) atoms. The van der Waals surface area contributed by atoms with E-state index in [1.165, 1.54) is 35.7 Å². The first-order chi connectivity index (χ1) is 12.2. The number of benzene rings is 1. The van der Waals surface area contributed by atoms with Gasteiger partial charge in [0.05, 0.1) is 0 Å². The average molecular weight is 331 g/mol. The SMILES string of the molecule is Cc1ccc(CCn2c3c(c4ccccc42)C2CCC(C3)N2C)cn1. The number of aromatic nitrogens is 2. The summed E-state index contributed by atoms with van der Waals surface area (Å²) in [4.78, 5) is 7.07. The molecule has 4 heterocycles. The van der Waals surface area contributed by atoms with E-state index < -0.39 is 0 Å². The highest BCUT2D eigenvalue weighted by Gasteiger charge is 2.40. The molecule has 3 heteroatoms. The number of rotatable bonds is 3. The summed E-state index contributed by atoms with van der Waals surface area (Å²) in [6.45, 7) is 3.09. The van der Waals surface area contributed by atoms with Crippen LogP contribution in [-0.2, 0) is 19.4 Å². The van der Waals surface area contributed by atoms with Gasteiger partial charge >= 0.3 is 0 Å². The van der Waals surface area contributed by atoms with Crippen LogP contribution in [0, 0.1) is 6.92 Å². The lowest BCUT2D eigenvalue weighted by Gasteiger charge is -2.32. The molecule has 3 aromatic rings. The normalized spacial score (nSPS) is 22.5. The van der Waals surface area contributed by atoms with Crippen LogP contribution in [0.15, 0.2) is 42.6 Å². The monoisotopic (exact) mass is 331 g/mol. The maximum atomic E-state index is 4.46. The van der Waals surface area contributed by atoms with Crippen LogP contribution in [0.25, 0.3) is 10.9 Å². The number of hydrogen-bond donors (Lipinski definition) is 0. The van der Waals surface area contributed by atoms with E-state index in [1.807, 2.05) is 13.1 Å². The van der Waals surface area contributed by atoms with Crippen molar-refractivity contribution in [1.82, 2.24) is 14.5 Å². The number of fused-ring (bicyclic) bond motifs is 6. The van der Waals surface area contributed by atoms with Crippen LogP contribution in [0.2, 0.25) is 0 Å². The van der Waals surface area contributed by atoms with Crippen molar-refractivity contribution in [3.05, 3.63) is 65.1 Å². The van der Waals surface area contributed by atoms with E-state index >= 15 is 0 Å². The lowest BCUT2D eigenvalue weighted by atomic mass is 9.97. The van der Waals surface area contributed by atoms with Crippen molar-refractivity contribution in [3.8, 4) is 0 Å². The highest BCUT2D eigenvalue weighted by molar-refractivity contribution is 5.86. The summed E-state index contributed by atoms with van der Waals surface area (Å²) in [6.07, 6.45) is 6.92. The molecule has 1 saturated heterocycles. The van der Waals surface area contributed by atoms with Crippen molar-refractivity contribution in [2.24, 2.45) is 0 Å². The maximum absolute atomic E-state index is 4.46. The van der Waals surface area contributed by atoms with Crippen LogP contribution in [-0.4, -0.2) is 27.5 Å². The molecule has 0 spiro atoms. The van der Waals surface area contributed by atoms with Crippen LogP contribution in [0.1, 0.15) is 41.4 Å². The minimum Gasteiger partial charge on any atom is -0.344 e. The van der Waals surface area contributed by atoms with Gasteiger partial charge in [-0.05, 0) is 56.5 Å². The Morgan fingerprint density at radius 1 is 1.12 bits per heavy atom. The summed E-state index contributed by atoms with van der Waals surface area (Å²) in [7, 11) is 2.31. The molecule has 3 nitrogen and oxygen atoms in total. The minimum absolute atomic E-state index is 0.612. The molecular formula is C22H25N3. The third-order valence-electron chi connectivity index (χ3n) is 6.32. The van der Waals surface area contributed by atoms with Gasteiger partial charge in [0.15, 0.2) is 0 Å². The van der Waals surface area contributed by atoms with Crippen LogP contribution in [0.4, 0.5) is 0 Å². The molecule has 0 saturated carbocycles. The van der Waals surface area contributed by atoms with E-state index in [-0.39, 0.29) is 0 Å². The number of para-hydroxylation sites is 1. The second-order valence-electron chi connectivity index (χ2n) is 7.70. The van der Waals surface area contributed by atoms with Gasteiger partial charge in [-0.25, -0.2) is 0 Å². The van der Waals surface area contributed by atoms with Crippen LogP contribution >= 0.6 is 0 Å². The van der Waals surface area contributed by atoms with Crippen LogP contribution < -0.4 is 0 Å². The number of aryl methyl sites for hydroxylation is 3. The number of pyridine rings is 1. The first kappa shape index (κ1) is 15.2. The van der Waals surface area contributed by atoms with E-state index in [1.54, 1.807) is 11.3 Å². The second kappa shape index (κ2) is 5.70. The van der Waals surface area contributed by atoms with Crippen molar-refractivity contribution in [2.45, 2.75) is 51.2 Å². The Bertz CT molecular complexity index is 922. The largest absolute Gasteiger partial charge is 0.344 e. The van der Waals surface area contributed by atoms with Crippen LogP contribution in [0.3, 0.4) is 0 Å². The van der Waals surface area contributed by atoms with Gasteiger partial charge in [-0.1, -0.05) is 24.3 Å². The second-order valence-corrected chi connectivity index (χ2v) is 7.70. The minimum atomic E-state index is 0.612. The van der Waals surface area contributed by atoms with Gasteiger partial charge in [-0.15, -0.1) is 0 Å². The average Bonchev–Trinajstić information content (AvgIpc) is 3.05. The lowest BCUT2D eigenvalue weighted by Crippen LogP contribution is -2.34. The highest BCUT2D eigenvalue weighted by Crippen LogP contribution is 2.46. The fraction of sp³-hybridized carbons (Fsp3) is 0.409. The molecule has 5 rings (SSSR count). The molecule has 0 amide bonds. The number of nitrogens with zero attached hydrogens (tertiary/aromatic N) is 3. The zero-order valence-electron chi connectivity index (χ0n) is 15.1. The Balaban J connectivity index is 1.57. The zero-order valence-corrected chi connectivity index (χ0v) is 15.1. The molecule has 2 aromatic heterocycles. The van der Waals surface area contributed by atoms with Gasteiger partial charge in [0.1, 0.15) is 0 Å². The summed E-state index contributed by atoms with van der Waals surface area (Å²) in [5.41, 5.74) is 7.02. The van der Waals surface area contributed by atoms with Crippen LogP contribution in [0.5, 0.6) is 0 Å². The Labute approximate surface area is 149 Å². The maximum Gasteiger partial charge on any atom is 0.0486 e. The van der Waals surface area contributed by atoms with E-state index in [2.05, 4.69) is 57.9 Å². The molecule has 128 valence electrons. The molecule has 2 unspecified atom stereocenters. The number of hydrogen-bond acceptors (Lipinski definition) is 2. The predicted octanol–water partition coefficient (Wildman–Crippen LogP) is 4.28. The summed E-state index contributed by atoms with van der Waals surface area (Å²) in [5, 5.41) is 1.47. The summed E-state index contributed by atoms with van der Waals surface area (Å²) in [6, 6.07) is 14.7. The fourth-order valence-corrected chi connectivity index (χ4v) is 4.95. The Morgan fingerprint density at radius 2 is 2.00 bits per heavy atom. The van der Waals surface area contributed by atoms with Crippen molar-refractivity contribution in [3.63, 3.8) is 0 Å². The van der Waals surface area contributed by atoms with Gasteiger partial charge in [0.25, 0.3) is 0 Å². The topological polar surface area (TPSA) is 21.1 Å². The molecule has 1 fully saturated rings. The summed E-state index contributed by atoms with van der Waals surface area (Å²) >= 11 is 0. The molecule has 0 N–H and O–H groups in total. The Hall–Kier alpha value is -2.13. The molecule has 0 radical (unpaired) electrons. The fourth-order valence-electron chi connectivity index (χ4n) is 4.95. The highest BCUT2D eigenvalue weighted by atomic mass is 15.2. The third kappa shape index (κ3) is 2.33. The molecular weight excluding hydrogens is 306 g/mol. The van der Waals surface area contributed by atoms with Crippen molar-refractivity contribution in [2.75, 3.05) is 7.05 Å². The smallest absolute Gasteiger partial charge is 0.0486 e. The Kier molecular flexibility index (Phi) is 3.46. The van der Waals surface area contributed by atoms with E-state index in [4.69, 9.17) is 0 Å². The molecule has 2 bridgehead atoms. The quantitative estimate of drug-likeness (QED) is 0.714. The Morgan fingerprint density at radius 3 is 2.84 bits per heavy atom. The van der Waals surface area contributed by atoms with Crippen molar-refractivity contribution in [1.29, 1.82) is 0 Å². The van der Waals surface area contributed by atoms with Gasteiger partial charge in [0, 0.05) is 53.5 Å². The summed E-state index contributed by atoms with van der Waals surface area (Å²) in [5.74, 6) is 0. The lowest BCUT2D eigenvalue weighted by molar-refractivity contribution is 0.222.